The Hall–Kier alpha value is -2.65. The molecule has 0 aliphatic rings. The van der Waals surface area contributed by atoms with Crippen molar-refractivity contribution >= 4 is 44.5 Å². The summed E-state index contributed by atoms with van der Waals surface area (Å²) in [5.41, 5.74) is 3.07. The van der Waals surface area contributed by atoms with Crippen LogP contribution >= 0.6 is 22.7 Å². The van der Waals surface area contributed by atoms with Crippen molar-refractivity contribution in [2.24, 2.45) is 0 Å². The number of para-hydroxylation sites is 1. The van der Waals surface area contributed by atoms with E-state index in [4.69, 9.17) is 0 Å². The van der Waals surface area contributed by atoms with Gasteiger partial charge in [0.25, 0.3) is 5.91 Å². The number of nitrogens with one attached hydrogen (secondary N) is 1. The van der Waals surface area contributed by atoms with Crippen molar-refractivity contribution in [3.05, 3.63) is 63.9 Å². The second-order valence-corrected chi connectivity index (χ2v) is 8.35. The number of hydrogen-bond acceptors (Lipinski definition) is 7. The molecule has 1 amide bonds. The number of aryl methyl sites for hydroxylation is 1. The van der Waals surface area contributed by atoms with Gasteiger partial charge in [-0.1, -0.05) is 24.3 Å². The van der Waals surface area contributed by atoms with E-state index in [1.807, 2.05) is 48.7 Å². The second-order valence-electron chi connectivity index (χ2n) is 6.23. The number of anilines is 1. The Morgan fingerprint density at radius 2 is 1.82 bits per heavy atom. The molecule has 2 aromatic carbocycles. The molecule has 2 unspecified atom stereocenters. The molecule has 2 heterocycles. The summed E-state index contributed by atoms with van der Waals surface area (Å²) >= 11 is 2.83. The highest BCUT2D eigenvalue weighted by molar-refractivity contribution is 7.18. The molecule has 0 saturated heterocycles. The third kappa shape index (κ3) is 3.81. The van der Waals surface area contributed by atoms with Gasteiger partial charge >= 0.3 is 0 Å². The van der Waals surface area contributed by atoms with Crippen LogP contribution in [0.5, 0.6) is 0 Å². The number of thiazole rings is 2. The smallest absolute Gasteiger partial charge is 0.256 e. The van der Waals surface area contributed by atoms with E-state index in [0.29, 0.717) is 10.7 Å². The fourth-order valence-corrected chi connectivity index (χ4v) is 4.34. The lowest BCUT2D eigenvalue weighted by molar-refractivity contribution is -0.129. The number of carbonyl (C=O) groups is 1. The minimum Gasteiger partial charge on any atom is -0.383 e. The van der Waals surface area contributed by atoms with Gasteiger partial charge in [0.2, 0.25) is 0 Å². The Bertz CT molecular complexity index is 1090. The van der Waals surface area contributed by atoms with E-state index in [9.17, 15) is 15.0 Å². The summed E-state index contributed by atoms with van der Waals surface area (Å²) in [4.78, 5) is 21.1. The third-order valence-corrected chi connectivity index (χ3v) is 6.08. The number of aromatic nitrogens is 2. The van der Waals surface area contributed by atoms with Gasteiger partial charge in [-0.05, 0) is 31.2 Å². The quantitative estimate of drug-likeness (QED) is 0.465. The molecule has 28 heavy (non-hydrogen) atoms. The minimum absolute atomic E-state index is 0.304. The van der Waals surface area contributed by atoms with Crippen molar-refractivity contribution in [2.45, 2.75) is 19.1 Å². The number of nitrogens with zero attached hydrogens (tertiary/aromatic N) is 2. The molecule has 3 N–H and O–H groups in total. The molecule has 0 saturated carbocycles. The molecule has 2 atom stereocenters. The number of aliphatic hydroxyl groups is 2. The van der Waals surface area contributed by atoms with Crippen LogP contribution < -0.4 is 5.32 Å². The van der Waals surface area contributed by atoms with Crippen molar-refractivity contribution in [3.63, 3.8) is 0 Å². The van der Waals surface area contributed by atoms with Gasteiger partial charge < -0.3 is 15.5 Å². The van der Waals surface area contributed by atoms with Crippen molar-refractivity contribution in [1.29, 1.82) is 0 Å². The van der Waals surface area contributed by atoms with Crippen LogP contribution in [0.3, 0.4) is 0 Å². The van der Waals surface area contributed by atoms with Gasteiger partial charge in [-0.2, -0.15) is 0 Å². The highest BCUT2D eigenvalue weighted by atomic mass is 32.1. The zero-order chi connectivity index (χ0) is 19.7. The van der Waals surface area contributed by atoms with Gasteiger partial charge in [0.1, 0.15) is 11.1 Å². The first kappa shape index (κ1) is 18.7. The second kappa shape index (κ2) is 7.76. The van der Waals surface area contributed by atoms with Crippen LogP contribution in [0.25, 0.3) is 21.5 Å². The molecule has 2 aromatic heterocycles. The third-order valence-electron chi connectivity index (χ3n) is 4.20. The number of fused-ring (bicyclic) bond motifs is 1. The van der Waals surface area contributed by atoms with E-state index < -0.39 is 18.1 Å². The zero-order valence-corrected chi connectivity index (χ0v) is 16.5. The summed E-state index contributed by atoms with van der Waals surface area (Å²) in [5, 5.41) is 26.5. The molecule has 142 valence electrons. The van der Waals surface area contributed by atoms with E-state index in [0.717, 1.165) is 26.5 Å². The van der Waals surface area contributed by atoms with Crippen LogP contribution in [0.2, 0.25) is 0 Å². The lowest BCUT2D eigenvalue weighted by atomic mass is 10.1. The standard InChI is InChI=1S/C20H17N3O3S2/c1-11-21-15(10-27-11)12-6-8-13(9-7-12)22-19(26)17(24)18(25)20-23-14-4-2-3-5-16(14)28-20/h2-10,17-18,24-25H,1H3,(H,22,26). The minimum atomic E-state index is -1.62. The maximum absolute atomic E-state index is 12.3. The summed E-state index contributed by atoms with van der Waals surface area (Å²) in [7, 11) is 0. The number of rotatable bonds is 5. The average molecular weight is 412 g/mol. The van der Waals surface area contributed by atoms with Gasteiger partial charge in [-0.3, -0.25) is 4.79 Å². The first-order valence-electron chi connectivity index (χ1n) is 8.56. The van der Waals surface area contributed by atoms with Crippen LogP contribution in [0.1, 0.15) is 16.1 Å². The van der Waals surface area contributed by atoms with E-state index in [-0.39, 0.29) is 0 Å². The van der Waals surface area contributed by atoms with Gasteiger partial charge in [0.05, 0.1) is 20.9 Å². The molecule has 0 bridgehead atoms. The molecule has 4 rings (SSSR count). The van der Waals surface area contributed by atoms with Gasteiger partial charge in [-0.15, -0.1) is 22.7 Å². The maximum atomic E-state index is 12.3. The highest BCUT2D eigenvalue weighted by Gasteiger charge is 2.28. The Labute approximate surface area is 169 Å². The lowest BCUT2D eigenvalue weighted by Gasteiger charge is -2.15. The fourth-order valence-electron chi connectivity index (χ4n) is 2.73. The highest BCUT2D eigenvalue weighted by Crippen LogP contribution is 2.28. The predicted octanol–water partition coefficient (Wildman–Crippen LogP) is 3.76. The fraction of sp³-hybridized carbons (Fsp3) is 0.150. The Kier molecular flexibility index (Phi) is 5.19. The van der Waals surface area contributed by atoms with E-state index >= 15 is 0 Å². The van der Waals surface area contributed by atoms with Crippen LogP contribution in [-0.4, -0.2) is 32.2 Å². The maximum Gasteiger partial charge on any atom is 0.256 e. The molecular weight excluding hydrogens is 394 g/mol. The largest absolute Gasteiger partial charge is 0.383 e. The SMILES string of the molecule is Cc1nc(-c2ccc(NC(=O)C(O)C(O)c3nc4ccccc4s3)cc2)cs1. The monoisotopic (exact) mass is 411 g/mol. The number of aliphatic hydroxyl groups excluding tert-OH is 2. The Morgan fingerprint density at radius 3 is 2.50 bits per heavy atom. The number of amides is 1. The van der Waals surface area contributed by atoms with Gasteiger partial charge in [0.15, 0.2) is 6.10 Å². The van der Waals surface area contributed by atoms with E-state index in [1.54, 1.807) is 23.5 Å². The normalized spacial score (nSPS) is 13.4. The number of benzene rings is 2. The molecule has 4 aromatic rings. The summed E-state index contributed by atoms with van der Waals surface area (Å²) in [6.07, 6.45) is -3.02. The molecule has 0 fully saturated rings. The van der Waals surface area contributed by atoms with E-state index in [1.165, 1.54) is 11.3 Å². The summed E-state index contributed by atoms with van der Waals surface area (Å²) in [5.74, 6) is -0.691. The van der Waals surface area contributed by atoms with Crippen LogP contribution in [0, 0.1) is 6.92 Å². The van der Waals surface area contributed by atoms with E-state index in [2.05, 4.69) is 15.3 Å². The predicted molar refractivity (Wildman–Crippen MR) is 112 cm³/mol. The summed E-state index contributed by atoms with van der Waals surface area (Å²) in [6.45, 7) is 1.95. The summed E-state index contributed by atoms with van der Waals surface area (Å²) < 4.78 is 0.886. The van der Waals surface area contributed by atoms with Gasteiger partial charge in [0, 0.05) is 16.6 Å². The lowest BCUT2D eigenvalue weighted by Crippen LogP contribution is -2.33. The first-order chi connectivity index (χ1) is 13.5. The molecule has 6 nitrogen and oxygen atoms in total. The zero-order valence-electron chi connectivity index (χ0n) is 14.9. The van der Waals surface area contributed by atoms with Crippen LogP contribution in [0.4, 0.5) is 5.69 Å². The molecule has 8 heteroatoms. The Morgan fingerprint density at radius 1 is 1.07 bits per heavy atom. The van der Waals surface area contributed by atoms with Crippen molar-refractivity contribution in [2.75, 3.05) is 5.32 Å². The van der Waals surface area contributed by atoms with Crippen LogP contribution in [-0.2, 0) is 4.79 Å². The molecule has 0 aliphatic carbocycles. The molecule has 0 radical (unpaired) electrons. The van der Waals surface area contributed by atoms with Crippen molar-refractivity contribution in [3.8, 4) is 11.3 Å². The molecular formula is C20H17N3O3S2. The Balaban J connectivity index is 1.45. The average Bonchev–Trinajstić information content (AvgIpc) is 3.33. The first-order valence-corrected chi connectivity index (χ1v) is 10.3. The van der Waals surface area contributed by atoms with Crippen molar-refractivity contribution < 1.29 is 15.0 Å². The van der Waals surface area contributed by atoms with Crippen molar-refractivity contribution in [1.82, 2.24) is 9.97 Å². The van der Waals surface area contributed by atoms with Gasteiger partial charge in [-0.25, -0.2) is 9.97 Å². The molecule has 0 aliphatic heterocycles. The number of hydrogen-bond donors (Lipinski definition) is 3. The van der Waals surface area contributed by atoms with Crippen LogP contribution in [0.15, 0.2) is 53.9 Å². The molecule has 0 spiro atoms. The summed E-state index contributed by atoms with van der Waals surface area (Å²) in [6, 6.07) is 14.6. The topological polar surface area (TPSA) is 95.3 Å². The number of carbonyl (C=O) groups excluding carboxylic acids is 1.